The molecule has 0 saturated heterocycles. The lowest BCUT2D eigenvalue weighted by Crippen LogP contribution is -2.41. The molecule has 2 aromatic carbocycles. The van der Waals surface area contributed by atoms with E-state index in [1.54, 1.807) is 12.1 Å². The molecule has 1 atom stereocenters. The van der Waals surface area contributed by atoms with Crippen LogP contribution in [0.1, 0.15) is 30.8 Å². The molecule has 0 fully saturated rings. The third-order valence-electron chi connectivity index (χ3n) is 4.78. The monoisotopic (exact) mass is 425 g/mol. The molecule has 8 heteroatoms. The predicted molar refractivity (Wildman–Crippen MR) is 117 cm³/mol. The molecule has 0 amide bonds. The van der Waals surface area contributed by atoms with Crippen molar-refractivity contribution in [2.24, 2.45) is 4.99 Å². The van der Waals surface area contributed by atoms with E-state index in [9.17, 15) is 0 Å². The van der Waals surface area contributed by atoms with Gasteiger partial charge in [-0.3, -0.25) is 4.99 Å². The Hall–Kier alpha value is -3.06. The minimum atomic E-state index is 0.160. The Kier molecular flexibility index (Phi) is 6.49. The van der Waals surface area contributed by atoms with Gasteiger partial charge in [-0.25, -0.2) is 0 Å². The SMILES string of the molecule is CCNC(=NCCc1nc(-c2ccc(Cl)cc2)no1)NC1CCOc2ccccc21. The molecule has 2 heterocycles. The summed E-state index contributed by atoms with van der Waals surface area (Å²) in [6.07, 6.45) is 1.44. The molecule has 0 aliphatic carbocycles. The van der Waals surface area contributed by atoms with Crippen LogP contribution < -0.4 is 15.4 Å². The van der Waals surface area contributed by atoms with Crippen molar-refractivity contribution in [1.29, 1.82) is 0 Å². The van der Waals surface area contributed by atoms with Crippen LogP contribution in [0.2, 0.25) is 5.02 Å². The highest BCUT2D eigenvalue weighted by molar-refractivity contribution is 6.30. The topological polar surface area (TPSA) is 84.6 Å². The van der Waals surface area contributed by atoms with Gasteiger partial charge >= 0.3 is 0 Å². The molecule has 1 unspecified atom stereocenters. The van der Waals surface area contributed by atoms with Gasteiger partial charge in [-0.15, -0.1) is 0 Å². The van der Waals surface area contributed by atoms with E-state index in [1.165, 1.54) is 0 Å². The summed E-state index contributed by atoms with van der Waals surface area (Å²) in [5.74, 6) is 2.79. The summed E-state index contributed by atoms with van der Waals surface area (Å²) in [4.78, 5) is 9.13. The number of rotatable bonds is 6. The van der Waals surface area contributed by atoms with Crippen LogP contribution in [0, 0.1) is 0 Å². The third-order valence-corrected chi connectivity index (χ3v) is 5.03. The Morgan fingerprint density at radius 3 is 2.87 bits per heavy atom. The van der Waals surface area contributed by atoms with Gasteiger partial charge in [0.2, 0.25) is 11.7 Å². The normalized spacial score (nSPS) is 15.9. The highest BCUT2D eigenvalue weighted by Gasteiger charge is 2.21. The number of aromatic nitrogens is 2. The largest absolute Gasteiger partial charge is 0.493 e. The molecule has 1 aliphatic heterocycles. The summed E-state index contributed by atoms with van der Waals surface area (Å²) in [5, 5.41) is 11.5. The van der Waals surface area contributed by atoms with Crippen LogP contribution in [0.3, 0.4) is 0 Å². The Labute approximate surface area is 180 Å². The zero-order valence-electron chi connectivity index (χ0n) is 16.8. The van der Waals surface area contributed by atoms with Gasteiger partial charge < -0.3 is 19.9 Å². The molecule has 30 heavy (non-hydrogen) atoms. The van der Waals surface area contributed by atoms with E-state index in [0.717, 1.165) is 35.8 Å². The zero-order chi connectivity index (χ0) is 20.8. The van der Waals surface area contributed by atoms with Gasteiger partial charge in [0.25, 0.3) is 0 Å². The number of halogens is 1. The van der Waals surface area contributed by atoms with Crippen molar-refractivity contribution in [1.82, 2.24) is 20.8 Å². The summed E-state index contributed by atoms with van der Waals surface area (Å²) < 4.78 is 11.1. The minimum absolute atomic E-state index is 0.160. The van der Waals surface area contributed by atoms with Gasteiger partial charge in [-0.1, -0.05) is 35.0 Å². The van der Waals surface area contributed by atoms with Gasteiger partial charge in [0, 0.05) is 35.5 Å². The van der Waals surface area contributed by atoms with Crippen LogP contribution in [0.25, 0.3) is 11.4 Å². The summed E-state index contributed by atoms with van der Waals surface area (Å²) >= 11 is 5.93. The number of guanidine groups is 1. The first-order valence-corrected chi connectivity index (χ1v) is 10.5. The van der Waals surface area contributed by atoms with Crippen molar-refractivity contribution in [3.8, 4) is 17.1 Å². The average molecular weight is 426 g/mol. The van der Waals surface area contributed by atoms with Crippen molar-refractivity contribution < 1.29 is 9.26 Å². The van der Waals surface area contributed by atoms with E-state index < -0.39 is 0 Å². The molecular formula is C22H24ClN5O2. The number of benzene rings is 2. The van der Waals surface area contributed by atoms with Gasteiger partial charge in [-0.05, 0) is 37.3 Å². The Morgan fingerprint density at radius 2 is 2.03 bits per heavy atom. The lowest BCUT2D eigenvalue weighted by molar-refractivity contribution is 0.261. The minimum Gasteiger partial charge on any atom is -0.493 e. The highest BCUT2D eigenvalue weighted by Crippen LogP contribution is 2.31. The molecule has 0 saturated carbocycles. The van der Waals surface area contributed by atoms with Crippen LogP contribution in [0.4, 0.5) is 0 Å². The Bertz CT molecular complexity index is 1000. The molecule has 2 N–H and O–H groups in total. The second-order valence-electron chi connectivity index (χ2n) is 6.90. The predicted octanol–water partition coefficient (Wildman–Crippen LogP) is 4.01. The maximum Gasteiger partial charge on any atom is 0.228 e. The average Bonchev–Trinajstić information content (AvgIpc) is 3.23. The lowest BCUT2D eigenvalue weighted by atomic mass is 10.0. The maximum atomic E-state index is 5.93. The molecular weight excluding hydrogens is 402 g/mol. The van der Waals surface area contributed by atoms with Crippen molar-refractivity contribution >= 4 is 17.6 Å². The van der Waals surface area contributed by atoms with Gasteiger partial charge in [-0.2, -0.15) is 4.98 Å². The molecule has 1 aromatic heterocycles. The molecule has 3 aromatic rings. The van der Waals surface area contributed by atoms with Crippen molar-refractivity contribution in [2.45, 2.75) is 25.8 Å². The third kappa shape index (κ3) is 4.91. The number of fused-ring (bicyclic) bond motifs is 1. The van der Waals surface area contributed by atoms with E-state index in [0.29, 0.717) is 36.3 Å². The fourth-order valence-electron chi connectivity index (χ4n) is 3.31. The van der Waals surface area contributed by atoms with Crippen molar-refractivity contribution in [2.75, 3.05) is 19.7 Å². The van der Waals surface area contributed by atoms with E-state index in [1.807, 2.05) is 37.3 Å². The molecule has 0 spiro atoms. The standard InChI is InChI=1S/C22H24ClN5O2/c1-2-24-22(26-18-12-14-29-19-6-4-3-5-17(18)19)25-13-11-20-27-21(28-30-20)15-7-9-16(23)10-8-15/h3-10,18H,2,11-14H2,1H3,(H2,24,25,26). The van der Waals surface area contributed by atoms with E-state index in [4.69, 9.17) is 20.9 Å². The number of para-hydroxylation sites is 1. The van der Waals surface area contributed by atoms with Crippen LogP contribution in [0.15, 0.2) is 58.0 Å². The van der Waals surface area contributed by atoms with Gasteiger partial charge in [0.1, 0.15) is 5.75 Å². The summed E-state index contributed by atoms with van der Waals surface area (Å²) in [6.45, 7) is 4.04. The summed E-state index contributed by atoms with van der Waals surface area (Å²) in [7, 11) is 0. The molecule has 156 valence electrons. The Balaban J connectivity index is 1.39. The first-order chi connectivity index (χ1) is 14.7. The Morgan fingerprint density at radius 1 is 1.20 bits per heavy atom. The van der Waals surface area contributed by atoms with Gasteiger partial charge in [0.05, 0.1) is 19.2 Å². The van der Waals surface area contributed by atoms with E-state index in [2.05, 4.69) is 31.8 Å². The van der Waals surface area contributed by atoms with Crippen molar-refractivity contribution in [3.05, 3.63) is 65.0 Å². The van der Waals surface area contributed by atoms with E-state index >= 15 is 0 Å². The second-order valence-corrected chi connectivity index (χ2v) is 7.34. The lowest BCUT2D eigenvalue weighted by Gasteiger charge is -2.28. The molecule has 0 bridgehead atoms. The number of nitrogens with zero attached hydrogens (tertiary/aromatic N) is 3. The number of aliphatic imine (C=N–C) groups is 1. The van der Waals surface area contributed by atoms with Crippen LogP contribution >= 0.6 is 11.6 Å². The molecule has 7 nitrogen and oxygen atoms in total. The second kappa shape index (κ2) is 9.63. The highest BCUT2D eigenvalue weighted by atomic mass is 35.5. The smallest absolute Gasteiger partial charge is 0.228 e. The molecule has 1 aliphatic rings. The maximum absolute atomic E-state index is 5.93. The quantitative estimate of drug-likeness (QED) is 0.458. The van der Waals surface area contributed by atoms with Crippen LogP contribution in [0.5, 0.6) is 5.75 Å². The fourth-order valence-corrected chi connectivity index (χ4v) is 3.44. The summed E-state index contributed by atoms with van der Waals surface area (Å²) in [5.41, 5.74) is 2.02. The zero-order valence-corrected chi connectivity index (χ0v) is 17.5. The number of ether oxygens (including phenoxy) is 1. The van der Waals surface area contributed by atoms with Crippen LogP contribution in [-0.2, 0) is 6.42 Å². The first-order valence-electron chi connectivity index (χ1n) is 10.1. The first kappa shape index (κ1) is 20.2. The molecule has 4 rings (SSSR count). The van der Waals surface area contributed by atoms with Gasteiger partial charge in [0.15, 0.2) is 5.96 Å². The number of hydrogen-bond donors (Lipinski definition) is 2. The van der Waals surface area contributed by atoms with E-state index in [-0.39, 0.29) is 6.04 Å². The molecule has 0 radical (unpaired) electrons. The van der Waals surface area contributed by atoms with Crippen LogP contribution in [-0.4, -0.2) is 35.8 Å². The summed E-state index contributed by atoms with van der Waals surface area (Å²) in [6, 6.07) is 15.6. The fraction of sp³-hybridized carbons (Fsp3) is 0.318. The number of nitrogens with one attached hydrogen (secondary N) is 2. The number of hydrogen-bond acceptors (Lipinski definition) is 5. The van der Waals surface area contributed by atoms with Crippen molar-refractivity contribution in [3.63, 3.8) is 0 Å².